The van der Waals surface area contributed by atoms with Crippen LogP contribution in [0.1, 0.15) is 5.56 Å². The maximum absolute atomic E-state index is 12.5. The lowest BCUT2D eigenvalue weighted by atomic mass is 10.3. The van der Waals surface area contributed by atoms with Crippen molar-refractivity contribution < 1.29 is 9.53 Å². The number of amides is 1. The van der Waals surface area contributed by atoms with Gasteiger partial charge < -0.3 is 10.1 Å². The molecule has 6 nitrogen and oxygen atoms in total. The minimum atomic E-state index is -0.00949. The molecule has 0 unspecified atom stereocenters. The Kier molecular flexibility index (Phi) is 5.68. The number of nitrogens with zero attached hydrogens (tertiary/aromatic N) is 3. The van der Waals surface area contributed by atoms with Crippen molar-refractivity contribution >= 4 is 44.9 Å². The molecule has 0 bridgehead atoms. The van der Waals surface area contributed by atoms with E-state index in [1.165, 1.54) is 0 Å². The first-order valence-electron chi connectivity index (χ1n) is 8.76. The highest BCUT2D eigenvalue weighted by Crippen LogP contribution is 2.38. The number of hydrogen-bond donors (Lipinski definition) is 1. The highest BCUT2D eigenvalue weighted by molar-refractivity contribution is 7.99. The van der Waals surface area contributed by atoms with Crippen LogP contribution >= 0.6 is 23.1 Å². The molecule has 1 saturated heterocycles. The van der Waals surface area contributed by atoms with Crippen LogP contribution in [0.2, 0.25) is 0 Å². The third-order valence-electron chi connectivity index (χ3n) is 4.34. The van der Waals surface area contributed by atoms with E-state index in [2.05, 4.69) is 32.5 Å². The molecule has 0 atom stereocenters. The van der Waals surface area contributed by atoms with Crippen LogP contribution in [0.15, 0.2) is 45.9 Å². The fourth-order valence-corrected chi connectivity index (χ4v) is 4.96. The van der Waals surface area contributed by atoms with E-state index in [-0.39, 0.29) is 5.91 Å². The van der Waals surface area contributed by atoms with Crippen molar-refractivity contribution in [2.75, 3.05) is 38.2 Å². The van der Waals surface area contributed by atoms with Crippen LogP contribution in [-0.4, -0.2) is 53.6 Å². The molecule has 1 fully saturated rings. The molecule has 27 heavy (non-hydrogen) atoms. The summed E-state index contributed by atoms with van der Waals surface area (Å²) >= 11 is 3.21. The number of morpholine rings is 1. The summed E-state index contributed by atoms with van der Waals surface area (Å²) in [7, 11) is 0. The number of aromatic nitrogens is 2. The Labute approximate surface area is 166 Å². The van der Waals surface area contributed by atoms with Crippen LogP contribution in [-0.2, 0) is 9.53 Å². The largest absolute Gasteiger partial charge is 0.379 e. The molecule has 4 rings (SSSR count). The fourth-order valence-electron chi connectivity index (χ4n) is 2.94. The van der Waals surface area contributed by atoms with Gasteiger partial charge in [0.1, 0.15) is 11.4 Å². The van der Waals surface area contributed by atoms with Gasteiger partial charge in [0.15, 0.2) is 0 Å². The van der Waals surface area contributed by atoms with E-state index in [4.69, 9.17) is 4.74 Å². The second-order valence-corrected chi connectivity index (χ2v) is 8.22. The predicted octanol–water partition coefficient (Wildman–Crippen LogP) is 3.42. The van der Waals surface area contributed by atoms with Crippen LogP contribution < -0.4 is 5.32 Å². The van der Waals surface area contributed by atoms with Crippen LogP contribution in [0.4, 0.5) is 5.69 Å². The van der Waals surface area contributed by atoms with Crippen molar-refractivity contribution in [2.45, 2.75) is 16.8 Å². The minimum absolute atomic E-state index is 0.00949. The van der Waals surface area contributed by atoms with Gasteiger partial charge in [-0.25, -0.2) is 9.97 Å². The summed E-state index contributed by atoms with van der Waals surface area (Å²) in [6.45, 7) is 5.39. The zero-order chi connectivity index (χ0) is 18.6. The number of anilines is 1. The molecule has 140 valence electrons. The SMILES string of the molecule is Cc1csc2c(Sc3ccccc3NC(=O)CN3CCOCC3)ncnc12. The normalized spacial score (nSPS) is 15.1. The van der Waals surface area contributed by atoms with E-state index >= 15 is 0 Å². The standard InChI is InChI=1S/C19H20N4O2S2/c1-13-11-26-18-17(13)20-12-21-19(18)27-15-5-3-2-4-14(15)22-16(24)10-23-6-8-25-9-7-23/h2-5,11-12H,6-10H2,1H3,(H,22,24). The lowest BCUT2D eigenvalue weighted by molar-refractivity contribution is -0.118. The van der Waals surface area contributed by atoms with Crippen LogP contribution in [0.3, 0.4) is 0 Å². The molecule has 1 aliphatic rings. The van der Waals surface area contributed by atoms with Crippen molar-refractivity contribution in [3.05, 3.63) is 41.5 Å². The van der Waals surface area contributed by atoms with Crippen molar-refractivity contribution in [1.82, 2.24) is 14.9 Å². The van der Waals surface area contributed by atoms with Gasteiger partial charge in [0.05, 0.1) is 35.7 Å². The molecular formula is C19H20N4O2S2. The Balaban J connectivity index is 1.51. The molecule has 2 aromatic heterocycles. The lowest BCUT2D eigenvalue weighted by Crippen LogP contribution is -2.41. The smallest absolute Gasteiger partial charge is 0.238 e. The summed E-state index contributed by atoms with van der Waals surface area (Å²) in [5, 5.41) is 6.06. The second kappa shape index (κ2) is 8.35. The Hall–Kier alpha value is -2.00. The van der Waals surface area contributed by atoms with Gasteiger partial charge >= 0.3 is 0 Å². The monoisotopic (exact) mass is 400 g/mol. The number of ether oxygens (including phenoxy) is 1. The molecule has 1 aliphatic heterocycles. The molecule has 0 saturated carbocycles. The van der Waals surface area contributed by atoms with Crippen molar-refractivity contribution in [3.63, 3.8) is 0 Å². The van der Waals surface area contributed by atoms with E-state index in [9.17, 15) is 4.79 Å². The van der Waals surface area contributed by atoms with Crippen LogP contribution in [0, 0.1) is 6.92 Å². The average molecular weight is 401 g/mol. The molecule has 1 aromatic carbocycles. The van der Waals surface area contributed by atoms with Gasteiger partial charge in [0, 0.05) is 18.0 Å². The molecule has 0 radical (unpaired) electrons. The van der Waals surface area contributed by atoms with Crippen LogP contribution in [0.5, 0.6) is 0 Å². The van der Waals surface area contributed by atoms with Crippen molar-refractivity contribution in [3.8, 4) is 0 Å². The number of thiophene rings is 1. The van der Waals surface area contributed by atoms with Crippen LogP contribution in [0.25, 0.3) is 10.2 Å². The summed E-state index contributed by atoms with van der Waals surface area (Å²) < 4.78 is 6.41. The predicted molar refractivity (Wildman–Crippen MR) is 109 cm³/mol. The fraction of sp³-hybridized carbons (Fsp3) is 0.316. The second-order valence-electron chi connectivity index (χ2n) is 6.31. The summed E-state index contributed by atoms with van der Waals surface area (Å²) in [4.78, 5) is 24.4. The number of carbonyl (C=O) groups is 1. The molecule has 3 aromatic rings. The number of nitrogens with one attached hydrogen (secondary N) is 1. The Bertz CT molecular complexity index is 954. The first-order valence-corrected chi connectivity index (χ1v) is 10.5. The number of para-hydroxylation sites is 1. The highest BCUT2D eigenvalue weighted by Gasteiger charge is 2.16. The van der Waals surface area contributed by atoms with E-state index in [0.29, 0.717) is 19.8 Å². The number of carbonyl (C=O) groups excluding carboxylic acids is 1. The van der Waals surface area contributed by atoms with Crippen molar-refractivity contribution in [2.24, 2.45) is 0 Å². The average Bonchev–Trinajstić information content (AvgIpc) is 3.06. The van der Waals surface area contributed by atoms with Gasteiger partial charge in [-0.1, -0.05) is 23.9 Å². The van der Waals surface area contributed by atoms with E-state index in [1.54, 1.807) is 29.4 Å². The maximum Gasteiger partial charge on any atom is 0.238 e. The van der Waals surface area contributed by atoms with Crippen molar-refractivity contribution in [1.29, 1.82) is 0 Å². The minimum Gasteiger partial charge on any atom is -0.379 e. The first kappa shape index (κ1) is 18.4. The Morgan fingerprint density at radius 1 is 1.30 bits per heavy atom. The maximum atomic E-state index is 12.5. The number of fused-ring (bicyclic) bond motifs is 1. The number of aryl methyl sites for hydroxylation is 1. The quantitative estimate of drug-likeness (QED) is 0.662. The van der Waals surface area contributed by atoms with Gasteiger partial charge in [-0.05, 0) is 30.0 Å². The molecule has 0 aliphatic carbocycles. The van der Waals surface area contributed by atoms with E-state index in [1.807, 2.05) is 24.3 Å². The van der Waals surface area contributed by atoms with Gasteiger partial charge in [-0.3, -0.25) is 9.69 Å². The summed E-state index contributed by atoms with van der Waals surface area (Å²) in [6.07, 6.45) is 1.60. The zero-order valence-corrected chi connectivity index (χ0v) is 16.6. The molecule has 0 spiro atoms. The van der Waals surface area contributed by atoms with Gasteiger partial charge in [0.2, 0.25) is 5.91 Å². The number of rotatable bonds is 5. The van der Waals surface area contributed by atoms with E-state index < -0.39 is 0 Å². The molecule has 1 N–H and O–H groups in total. The summed E-state index contributed by atoms with van der Waals surface area (Å²) in [5.41, 5.74) is 2.96. The summed E-state index contributed by atoms with van der Waals surface area (Å²) in [5.74, 6) is -0.00949. The first-order chi connectivity index (χ1) is 13.2. The third-order valence-corrected chi connectivity index (χ3v) is 6.64. The van der Waals surface area contributed by atoms with Gasteiger partial charge in [0.25, 0.3) is 0 Å². The van der Waals surface area contributed by atoms with E-state index in [0.717, 1.165) is 44.5 Å². The number of benzene rings is 1. The zero-order valence-electron chi connectivity index (χ0n) is 15.0. The van der Waals surface area contributed by atoms with Gasteiger partial charge in [-0.2, -0.15) is 0 Å². The molecular weight excluding hydrogens is 380 g/mol. The topological polar surface area (TPSA) is 67.4 Å². The Morgan fingerprint density at radius 3 is 2.96 bits per heavy atom. The molecule has 1 amide bonds. The highest BCUT2D eigenvalue weighted by atomic mass is 32.2. The Morgan fingerprint density at radius 2 is 2.11 bits per heavy atom. The third kappa shape index (κ3) is 4.30. The molecule has 3 heterocycles. The van der Waals surface area contributed by atoms with Gasteiger partial charge in [-0.15, -0.1) is 11.3 Å². The number of hydrogen-bond acceptors (Lipinski definition) is 7. The lowest BCUT2D eigenvalue weighted by Gasteiger charge is -2.25. The molecule has 8 heteroatoms. The summed E-state index contributed by atoms with van der Waals surface area (Å²) in [6, 6.07) is 7.83.